The van der Waals surface area contributed by atoms with Crippen LogP contribution < -0.4 is 10.0 Å². The zero-order chi connectivity index (χ0) is 12.9. The molecule has 0 amide bonds. The zero-order valence-electron chi connectivity index (χ0n) is 11.1. The Morgan fingerprint density at radius 2 is 1.67 bits per heavy atom. The maximum absolute atomic E-state index is 12.4. The van der Waals surface area contributed by atoms with Gasteiger partial charge in [0.25, 0.3) is 10.2 Å². The molecule has 18 heavy (non-hydrogen) atoms. The molecular weight excluding hydrogens is 250 g/mol. The molecule has 0 spiro atoms. The van der Waals surface area contributed by atoms with E-state index < -0.39 is 10.2 Å². The molecule has 3 aliphatic rings. The summed E-state index contributed by atoms with van der Waals surface area (Å²) in [7, 11) is -3.27. The minimum absolute atomic E-state index is 0.184. The normalized spacial score (nSPS) is 44.9. The van der Waals surface area contributed by atoms with E-state index in [1.54, 1.807) is 4.31 Å². The lowest BCUT2D eigenvalue weighted by Crippen LogP contribution is -2.49. The molecule has 2 heterocycles. The van der Waals surface area contributed by atoms with Gasteiger partial charge in [-0.3, -0.25) is 0 Å². The van der Waals surface area contributed by atoms with Crippen LogP contribution in [0.5, 0.6) is 0 Å². The van der Waals surface area contributed by atoms with Crippen molar-refractivity contribution in [3.8, 4) is 0 Å². The van der Waals surface area contributed by atoms with Crippen LogP contribution in [0.2, 0.25) is 0 Å². The van der Waals surface area contributed by atoms with Gasteiger partial charge in [0.05, 0.1) is 0 Å². The van der Waals surface area contributed by atoms with E-state index >= 15 is 0 Å². The van der Waals surface area contributed by atoms with Gasteiger partial charge >= 0.3 is 0 Å². The number of piperidine rings is 2. The van der Waals surface area contributed by atoms with E-state index in [4.69, 9.17) is 0 Å². The van der Waals surface area contributed by atoms with Gasteiger partial charge in [-0.2, -0.15) is 17.4 Å². The third-order valence-electron chi connectivity index (χ3n) is 4.55. The molecule has 0 aromatic heterocycles. The molecule has 1 saturated carbocycles. The summed E-state index contributed by atoms with van der Waals surface area (Å²) in [6.07, 6.45) is 1.13. The topological polar surface area (TPSA) is 61.4 Å². The van der Waals surface area contributed by atoms with E-state index in [9.17, 15) is 8.42 Å². The molecular formula is C12H23N3O2S. The van der Waals surface area contributed by atoms with E-state index in [-0.39, 0.29) is 6.04 Å². The lowest BCUT2D eigenvalue weighted by Gasteiger charge is -2.34. The number of hydrogen-bond donors (Lipinski definition) is 2. The van der Waals surface area contributed by atoms with Gasteiger partial charge in [0.15, 0.2) is 0 Å². The van der Waals surface area contributed by atoms with Crippen molar-refractivity contribution >= 4 is 10.2 Å². The summed E-state index contributed by atoms with van der Waals surface area (Å²) in [5.74, 6) is 1.98. The standard InChI is InChI=1S/C12H23N3O2S/c1-8-3-9(2)7-15(6-8)18(16,17)14-12-10-4-13-5-11(10)12/h8-14H,3-7H2,1-2H3. The molecule has 0 bridgehead atoms. The van der Waals surface area contributed by atoms with Crippen LogP contribution in [0.4, 0.5) is 0 Å². The molecule has 3 rings (SSSR count). The quantitative estimate of drug-likeness (QED) is 0.762. The molecule has 4 unspecified atom stereocenters. The van der Waals surface area contributed by atoms with Crippen LogP contribution in [0.1, 0.15) is 20.3 Å². The fraction of sp³-hybridized carbons (Fsp3) is 1.00. The maximum atomic E-state index is 12.4. The molecule has 2 N–H and O–H groups in total. The highest BCUT2D eigenvalue weighted by molar-refractivity contribution is 7.87. The molecule has 3 fully saturated rings. The second-order valence-corrected chi connectivity index (χ2v) is 8.10. The first-order valence-corrected chi connectivity index (χ1v) is 8.39. The third-order valence-corrected chi connectivity index (χ3v) is 6.10. The molecule has 104 valence electrons. The fourth-order valence-corrected chi connectivity index (χ4v) is 5.39. The average Bonchev–Trinajstić information content (AvgIpc) is 2.73. The molecule has 0 aromatic carbocycles. The molecule has 2 saturated heterocycles. The van der Waals surface area contributed by atoms with Crippen molar-refractivity contribution in [2.45, 2.75) is 26.3 Å². The summed E-state index contributed by atoms with van der Waals surface area (Å²) in [5.41, 5.74) is 0. The summed E-state index contributed by atoms with van der Waals surface area (Å²) >= 11 is 0. The fourth-order valence-electron chi connectivity index (χ4n) is 3.64. The number of hydrogen-bond acceptors (Lipinski definition) is 3. The summed E-state index contributed by atoms with van der Waals surface area (Å²) in [6.45, 7) is 7.52. The Bertz CT molecular complexity index is 405. The largest absolute Gasteiger partial charge is 0.316 e. The van der Waals surface area contributed by atoms with Crippen molar-refractivity contribution in [3.05, 3.63) is 0 Å². The third kappa shape index (κ3) is 2.31. The van der Waals surface area contributed by atoms with E-state index in [1.807, 2.05) is 0 Å². The molecule has 1 aliphatic carbocycles. The summed E-state index contributed by atoms with van der Waals surface area (Å²) in [4.78, 5) is 0. The van der Waals surface area contributed by atoms with Gasteiger partial charge in [0, 0.05) is 19.1 Å². The Kier molecular flexibility index (Phi) is 3.17. The van der Waals surface area contributed by atoms with Crippen molar-refractivity contribution in [2.75, 3.05) is 26.2 Å². The SMILES string of the molecule is CC1CC(C)CN(S(=O)(=O)NC2C3CNCC32)C1. The second kappa shape index (κ2) is 4.44. The van der Waals surface area contributed by atoms with Gasteiger partial charge in [-0.15, -0.1) is 0 Å². The van der Waals surface area contributed by atoms with Crippen molar-refractivity contribution in [3.63, 3.8) is 0 Å². The lowest BCUT2D eigenvalue weighted by atomic mass is 9.94. The van der Waals surface area contributed by atoms with Crippen LogP contribution in [0.3, 0.4) is 0 Å². The van der Waals surface area contributed by atoms with E-state index in [2.05, 4.69) is 23.9 Å². The van der Waals surface area contributed by atoms with Crippen LogP contribution in [-0.2, 0) is 10.2 Å². The Balaban J connectivity index is 1.63. The van der Waals surface area contributed by atoms with Crippen molar-refractivity contribution in [1.82, 2.24) is 14.3 Å². The van der Waals surface area contributed by atoms with E-state index in [0.717, 1.165) is 19.5 Å². The first-order valence-electron chi connectivity index (χ1n) is 6.95. The summed E-state index contributed by atoms with van der Waals surface area (Å²) in [6, 6.07) is 0.184. The highest BCUT2D eigenvalue weighted by Crippen LogP contribution is 2.42. The van der Waals surface area contributed by atoms with Crippen LogP contribution in [0, 0.1) is 23.7 Å². The Labute approximate surface area is 109 Å². The monoisotopic (exact) mass is 273 g/mol. The number of nitrogens with zero attached hydrogens (tertiary/aromatic N) is 1. The van der Waals surface area contributed by atoms with Gasteiger partial charge in [-0.05, 0) is 43.2 Å². The van der Waals surface area contributed by atoms with Crippen LogP contribution in [0.25, 0.3) is 0 Å². The Morgan fingerprint density at radius 1 is 1.11 bits per heavy atom. The van der Waals surface area contributed by atoms with Crippen molar-refractivity contribution in [2.24, 2.45) is 23.7 Å². The van der Waals surface area contributed by atoms with Gasteiger partial charge in [0.1, 0.15) is 0 Å². The predicted octanol–water partition coefficient (Wildman–Crippen LogP) is 0.0165. The first-order chi connectivity index (χ1) is 8.47. The molecule has 5 nitrogen and oxygen atoms in total. The number of nitrogens with one attached hydrogen (secondary N) is 2. The molecule has 0 aromatic rings. The average molecular weight is 273 g/mol. The first kappa shape index (κ1) is 12.8. The lowest BCUT2D eigenvalue weighted by molar-refractivity contribution is 0.220. The van der Waals surface area contributed by atoms with E-state index in [1.165, 1.54) is 0 Å². The van der Waals surface area contributed by atoms with Crippen LogP contribution in [-0.4, -0.2) is 44.9 Å². The molecule has 2 aliphatic heterocycles. The molecule has 4 atom stereocenters. The number of rotatable bonds is 3. The Hall–Kier alpha value is -0.170. The highest BCUT2D eigenvalue weighted by atomic mass is 32.2. The zero-order valence-corrected chi connectivity index (χ0v) is 11.9. The summed E-state index contributed by atoms with van der Waals surface area (Å²) in [5, 5.41) is 3.28. The summed E-state index contributed by atoms with van der Waals surface area (Å²) < 4.78 is 29.3. The van der Waals surface area contributed by atoms with Crippen LogP contribution >= 0.6 is 0 Å². The van der Waals surface area contributed by atoms with Crippen molar-refractivity contribution in [1.29, 1.82) is 0 Å². The highest BCUT2D eigenvalue weighted by Gasteiger charge is 2.55. The molecule has 6 heteroatoms. The van der Waals surface area contributed by atoms with Gasteiger partial charge in [-0.25, -0.2) is 0 Å². The minimum Gasteiger partial charge on any atom is -0.316 e. The predicted molar refractivity (Wildman–Crippen MR) is 70.2 cm³/mol. The van der Waals surface area contributed by atoms with Crippen LogP contribution in [0.15, 0.2) is 0 Å². The molecule has 0 radical (unpaired) electrons. The van der Waals surface area contributed by atoms with Gasteiger partial charge in [-0.1, -0.05) is 13.8 Å². The van der Waals surface area contributed by atoms with E-state index in [0.29, 0.717) is 36.8 Å². The van der Waals surface area contributed by atoms with Gasteiger partial charge < -0.3 is 5.32 Å². The van der Waals surface area contributed by atoms with Gasteiger partial charge in [0.2, 0.25) is 0 Å². The van der Waals surface area contributed by atoms with Crippen molar-refractivity contribution < 1.29 is 8.42 Å². The second-order valence-electron chi connectivity index (χ2n) is 6.40. The minimum atomic E-state index is -3.27. The number of fused-ring (bicyclic) bond motifs is 1. The smallest absolute Gasteiger partial charge is 0.279 e. The Morgan fingerprint density at radius 3 is 2.22 bits per heavy atom. The maximum Gasteiger partial charge on any atom is 0.279 e.